The Morgan fingerprint density at radius 2 is 2.25 bits per heavy atom. The number of methoxy groups -OCH3 is 1. The van der Waals surface area contributed by atoms with E-state index < -0.39 is 0 Å². The third-order valence-electron chi connectivity index (χ3n) is 3.63. The van der Waals surface area contributed by atoms with Crippen LogP contribution in [0.3, 0.4) is 0 Å². The zero-order chi connectivity index (χ0) is 14.4. The standard InChI is InChI=1S/C16H23N3O/c1-3-19(15-5-6-15)16-7-4-13(10-14(16)11-17)12-18-8-9-20-2/h4,7,10,15,18H,3,5-6,8-9,12H2,1-2H3. The summed E-state index contributed by atoms with van der Waals surface area (Å²) >= 11 is 0. The second-order valence-electron chi connectivity index (χ2n) is 5.15. The van der Waals surface area contributed by atoms with Crippen LogP contribution < -0.4 is 10.2 Å². The lowest BCUT2D eigenvalue weighted by Gasteiger charge is -2.24. The molecular formula is C16H23N3O. The molecule has 0 bridgehead atoms. The fourth-order valence-electron chi connectivity index (χ4n) is 2.45. The van der Waals surface area contributed by atoms with Gasteiger partial charge in [-0.25, -0.2) is 0 Å². The van der Waals surface area contributed by atoms with E-state index in [0.29, 0.717) is 12.6 Å². The van der Waals surface area contributed by atoms with E-state index in [9.17, 15) is 5.26 Å². The molecule has 0 saturated heterocycles. The molecule has 0 spiro atoms. The maximum Gasteiger partial charge on any atom is 0.101 e. The van der Waals surface area contributed by atoms with E-state index in [4.69, 9.17) is 4.74 Å². The van der Waals surface area contributed by atoms with Crippen LogP contribution in [0, 0.1) is 11.3 Å². The van der Waals surface area contributed by atoms with Gasteiger partial charge in [-0.2, -0.15) is 5.26 Å². The van der Waals surface area contributed by atoms with Gasteiger partial charge in [0.25, 0.3) is 0 Å². The number of ether oxygens (including phenoxy) is 1. The molecule has 0 amide bonds. The third kappa shape index (κ3) is 3.72. The summed E-state index contributed by atoms with van der Waals surface area (Å²) < 4.78 is 5.00. The second-order valence-corrected chi connectivity index (χ2v) is 5.15. The number of hydrogen-bond donors (Lipinski definition) is 1. The van der Waals surface area contributed by atoms with Crippen molar-refractivity contribution in [3.05, 3.63) is 29.3 Å². The van der Waals surface area contributed by atoms with Crippen molar-refractivity contribution in [3.63, 3.8) is 0 Å². The van der Waals surface area contributed by atoms with Gasteiger partial charge in [0.05, 0.1) is 17.9 Å². The van der Waals surface area contributed by atoms with E-state index in [2.05, 4.69) is 35.3 Å². The molecule has 1 aliphatic carbocycles. The van der Waals surface area contributed by atoms with Crippen molar-refractivity contribution in [2.45, 2.75) is 32.4 Å². The van der Waals surface area contributed by atoms with Gasteiger partial charge in [0, 0.05) is 32.8 Å². The molecule has 2 rings (SSSR count). The lowest BCUT2D eigenvalue weighted by molar-refractivity contribution is 0.199. The average molecular weight is 273 g/mol. The first-order valence-corrected chi connectivity index (χ1v) is 7.29. The molecule has 4 heteroatoms. The number of nitrogens with one attached hydrogen (secondary N) is 1. The second kappa shape index (κ2) is 7.28. The normalized spacial score (nSPS) is 14.1. The van der Waals surface area contributed by atoms with Crippen LogP contribution in [0.2, 0.25) is 0 Å². The summed E-state index contributed by atoms with van der Waals surface area (Å²) in [5, 5.41) is 12.7. The summed E-state index contributed by atoms with van der Waals surface area (Å²) in [5.74, 6) is 0. The number of nitriles is 1. The molecule has 0 heterocycles. The Labute approximate surface area is 121 Å². The molecule has 0 aromatic heterocycles. The molecule has 1 N–H and O–H groups in total. The van der Waals surface area contributed by atoms with E-state index >= 15 is 0 Å². The minimum Gasteiger partial charge on any atom is -0.383 e. The summed E-state index contributed by atoms with van der Waals surface area (Å²) in [6.07, 6.45) is 2.50. The zero-order valence-electron chi connectivity index (χ0n) is 12.4. The monoisotopic (exact) mass is 273 g/mol. The van der Waals surface area contributed by atoms with Crippen molar-refractivity contribution in [1.29, 1.82) is 5.26 Å². The van der Waals surface area contributed by atoms with Crippen LogP contribution in [0.1, 0.15) is 30.9 Å². The fourth-order valence-corrected chi connectivity index (χ4v) is 2.45. The highest BCUT2D eigenvalue weighted by Gasteiger charge is 2.29. The summed E-state index contributed by atoms with van der Waals surface area (Å²) in [6.45, 7) is 5.41. The number of hydrogen-bond acceptors (Lipinski definition) is 4. The van der Waals surface area contributed by atoms with Crippen LogP contribution in [-0.4, -0.2) is 32.8 Å². The Morgan fingerprint density at radius 1 is 1.45 bits per heavy atom. The topological polar surface area (TPSA) is 48.3 Å². The minimum absolute atomic E-state index is 0.637. The van der Waals surface area contributed by atoms with Gasteiger partial charge < -0.3 is 15.0 Å². The van der Waals surface area contributed by atoms with Gasteiger partial charge in [0.15, 0.2) is 0 Å². The smallest absolute Gasteiger partial charge is 0.101 e. The molecule has 1 aromatic carbocycles. The van der Waals surface area contributed by atoms with Crippen LogP contribution >= 0.6 is 0 Å². The first-order chi connectivity index (χ1) is 9.80. The first-order valence-electron chi connectivity index (χ1n) is 7.29. The van der Waals surface area contributed by atoms with Crippen molar-refractivity contribution in [1.82, 2.24) is 5.32 Å². The third-order valence-corrected chi connectivity index (χ3v) is 3.63. The van der Waals surface area contributed by atoms with Gasteiger partial charge in [0.1, 0.15) is 6.07 Å². The van der Waals surface area contributed by atoms with E-state index in [-0.39, 0.29) is 0 Å². The van der Waals surface area contributed by atoms with Crippen LogP contribution in [0.5, 0.6) is 0 Å². The Morgan fingerprint density at radius 3 is 2.85 bits per heavy atom. The van der Waals surface area contributed by atoms with Gasteiger partial charge in [0.2, 0.25) is 0 Å². The van der Waals surface area contributed by atoms with Crippen molar-refractivity contribution in [3.8, 4) is 6.07 Å². The number of anilines is 1. The SMILES string of the molecule is CCN(c1ccc(CNCCOC)cc1C#N)C1CC1. The molecule has 0 aliphatic heterocycles. The number of benzene rings is 1. The summed E-state index contributed by atoms with van der Waals surface area (Å²) in [6, 6.07) is 9.18. The molecule has 0 unspecified atom stereocenters. The first kappa shape index (κ1) is 14.8. The zero-order valence-corrected chi connectivity index (χ0v) is 12.4. The Hall–Kier alpha value is -1.57. The van der Waals surface area contributed by atoms with Crippen LogP contribution in [-0.2, 0) is 11.3 Å². The maximum absolute atomic E-state index is 9.38. The van der Waals surface area contributed by atoms with Crippen LogP contribution in [0.15, 0.2) is 18.2 Å². The summed E-state index contributed by atoms with van der Waals surface area (Å²) in [7, 11) is 1.70. The Balaban J connectivity index is 2.05. The average Bonchev–Trinajstić information content (AvgIpc) is 3.30. The van der Waals surface area contributed by atoms with Gasteiger partial charge in [-0.05, 0) is 37.5 Å². The molecule has 20 heavy (non-hydrogen) atoms. The van der Waals surface area contributed by atoms with Crippen molar-refractivity contribution in [2.75, 3.05) is 31.7 Å². The Bertz CT molecular complexity index is 477. The highest BCUT2D eigenvalue weighted by atomic mass is 16.5. The molecular weight excluding hydrogens is 250 g/mol. The van der Waals surface area contributed by atoms with Crippen molar-refractivity contribution in [2.24, 2.45) is 0 Å². The predicted octanol–water partition coefficient (Wildman–Crippen LogP) is 2.28. The molecule has 1 saturated carbocycles. The van der Waals surface area contributed by atoms with Crippen LogP contribution in [0.4, 0.5) is 5.69 Å². The molecule has 0 atom stereocenters. The lowest BCUT2D eigenvalue weighted by atomic mass is 10.1. The Kier molecular flexibility index (Phi) is 5.40. The van der Waals surface area contributed by atoms with Gasteiger partial charge in [-0.3, -0.25) is 0 Å². The maximum atomic E-state index is 9.38. The van der Waals surface area contributed by atoms with Crippen LogP contribution in [0.25, 0.3) is 0 Å². The van der Waals surface area contributed by atoms with Gasteiger partial charge >= 0.3 is 0 Å². The summed E-state index contributed by atoms with van der Waals surface area (Å²) in [4.78, 5) is 2.35. The van der Waals surface area contributed by atoms with Crippen molar-refractivity contribution < 1.29 is 4.74 Å². The van der Waals surface area contributed by atoms with E-state index in [1.54, 1.807) is 7.11 Å². The highest BCUT2D eigenvalue weighted by Crippen LogP contribution is 2.33. The molecule has 4 nitrogen and oxygen atoms in total. The molecule has 1 fully saturated rings. The largest absolute Gasteiger partial charge is 0.383 e. The molecule has 108 valence electrons. The molecule has 1 aliphatic rings. The van der Waals surface area contributed by atoms with Crippen molar-refractivity contribution >= 4 is 5.69 Å². The van der Waals surface area contributed by atoms with E-state index in [1.165, 1.54) is 12.8 Å². The fraction of sp³-hybridized carbons (Fsp3) is 0.562. The highest BCUT2D eigenvalue weighted by molar-refractivity contribution is 5.61. The number of nitrogens with zero attached hydrogens (tertiary/aromatic N) is 2. The lowest BCUT2D eigenvalue weighted by Crippen LogP contribution is -2.26. The van der Waals surface area contributed by atoms with E-state index in [1.807, 2.05) is 6.07 Å². The number of rotatable bonds is 8. The molecule has 0 radical (unpaired) electrons. The van der Waals surface area contributed by atoms with E-state index in [0.717, 1.165) is 36.4 Å². The quantitative estimate of drug-likeness (QED) is 0.738. The predicted molar refractivity (Wildman–Crippen MR) is 80.8 cm³/mol. The molecule has 1 aromatic rings. The van der Waals surface area contributed by atoms with Gasteiger partial charge in [-0.1, -0.05) is 6.07 Å². The minimum atomic E-state index is 0.637. The van der Waals surface area contributed by atoms with Gasteiger partial charge in [-0.15, -0.1) is 0 Å². The summed E-state index contributed by atoms with van der Waals surface area (Å²) in [5.41, 5.74) is 3.01.